The molecule has 378 valence electrons. The molecule has 8 rings (SSSR count). The first-order chi connectivity index (χ1) is 34.1. The van der Waals surface area contributed by atoms with Crippen LogP contribution in [0.25, 0.3) is 11.1 Å². The van der Waals surface area contributed by atoms with Crippen LogP contribution in [0, 0.1) is 17.0 Å². The molecule has 19 nitrogen and oxygen atoms in total. The number of fused-ring (bicyclic) bond motifs is 2. The highest BCUT2D eigenvalue weighted by atomic mass is 32.1. The van der Waals surface area contributed by atoms with E-state index in [2.05, 4.69) is 45.8 Å². The number of nitro groups is 1. The fourth-order valence-corrected chi connectivity index (χ4v) is 10.6. The van der Waals surface area contributed by atoms with Crippen molar-refractivity contribution in [2.75, 3.05) is 66.7 Å². The largest absolute Gasteiger partial charge is 0.385 e. The summed E-state index contributed by atoms with van der Waals surface area (Å²) >= 11 is 0.763. The van der Waals surface area contributed by atoms with Gasteiger partial charge in [-0.2, -0.15) is 10.2 Å². The zero-order valence-electron chi connectivity index (χ0n) is 40.6. The van der Waals surface area contributed by atoms with E-state index < -0.39 is 17.3 Å². The van der Waals surface area contributed by atoms with E-state index in [1.54, 1.807) is 55.3 Å². The van der Waals surface area contributed by atoms with Crippen molar-refractivity contribution in [2.24, 2.45) is 7.05 Å². The number of alkyl halides is 2. The Labute approximate surface area is 414 Å². The average Bonchev–Trinajstić information content (AvgIpc) is 4.06. The van der Waals surface area contributed by atoms with Crippen LogP contribution in [0.1, 0.15) is 116 Å². The minimum atomic E-state index is -2.68. The summed E-state index contributed by atoms with van der Waals surface area (Å²) in [5.41, 5.74) is 6.28. The van der Waals surface area contributed by atoms with Crippen LogP contribution in [0.5, 0.6) is 0 Å². The Balaban J connectivity index is 0.782. The molecule has 22 heteroatoms. The molecule has 0 radical (unpaired) electrons. The number of unbranched alkanes of at least 4 members (excludes halogenated alkanes) is 4. The highest BCUT2D eigenvalue weighted by Gasteiger charge is 2.35. The first-order valence-electron chi connectivity index (χ1n) is 24.3. The molecule has 4 N–H and O–H groups in total. The number of rotatable bonds is 19. The zero-order valence-corrected chi connectivity index (χ0v) is 41.4. The second-order valence-electron chi connectivity index (χ2n) is 18.5. The van der Waals surface area contributed by atoms with E-state index in [4.69, 9.17) is 5.10 Å². The molecule has 3 aromatic heterocycles. The first kappa shape index (κ1) is 50.6. The number of amides is 4. The monoisotopic (exact) mass is 997 g/mol. The third kappa shape index (κ3) is 12.0. The van der Waals surface area contributed by atoms with Gasteiger partial charge in [0.1, 0.15) is 5.69 Å². The van der Waals surface area contributed by atoms with Crippen molar-refractivity contribution in [1.82, 2.24) is 39.7 Å². The fraction of sp³-hybridized carbons (Fsp3) is 0.490. The van der Waals surface area contributed by atoms with Gasteiger partial charge in [-0.1, -0.05) is 19.3 Å². The lowest BCUT2D eigenvalue weighted by molar-refractivity contribution is -0.380. The Kier molecular flexibility index (Phi) is 16.0. The Morgan fingerprint density at radius 2 is 1.72 bits per heavy atom. The fourth-order valence-electron chi connectivity index (χ4n) is 9.82. The number of aryl methyl sites for hydroxylation is 3. The van der Waals surface area contributed by atoms with Crippen molar-refractivity contribution < 1.29 is 32.9 Å². The van der Waals surface area contributed by atoms with Crippen molar-refractivity contribution in [2.45, 2.75) is 104 Å². The molecular formula is C49H61F2N13O6S. The van der Waals surface area contributed by atoms with Gasteiger partial charge in [0.15, 0.2) is 10.9 Å². The normalized spacial score (nSPS) is 15.1. The van der Waals surface area contributed by atoms with E-state index in [-0.39, 0.29) is 50.7 Å². The highest BCUT2D eigenvalue weighted by molar-refractivity contribution is 7.19. The van der Waals surface area contributed by atoms with E-state index >= 15 is 0 Å². The van der Waals surface area contributed by atoms with Gasteiger partial charge in [-0.25, -0.2) is 13.8 Å². The molecule has 0 bridgehead atoms. The molecule has 71 heavy (non-hydrogen) atoms. The van der Waals surface area contributed by atoms with Crippen LogP contribution in [-0.4, -0.2) is 109 Å². The van der Waals surface area contributed by atoms with Gasteiger partial charge in [0.2, 0.25) is 17.7 Å². The van der Waals surface area contributed by atoms with Gasteiger partial charge in [-0.15, -0.1) is 0 Å². The second-order valence-corrected chi connectivity index (χ2v) is 19.5. The summed E-state index contributed by atoms with van der Waals surface area (Å²) in [6.45, 7) is 9.08. The summed E-state index contributed by atoms with van der Waals surface area (Å²) in [6.07, 6.45) is 9.22. The van der Waals surface area contributed by atoms with E-state index in [0.29, 0.717) is 62.5 Å². The first-order valence-corrected chi connectivity index (χ1v) is 25.1. The molecule has 1 saturated heterocycles. The summed E-state index contributed by atoms with van der Waals surface area (Å²) < 4.78 is 33.2. The lowest BCUT2D eigenvalue weighted by Gasteiger charge is -2.33. The Morgan fingerprint density at radius 1 is 0.958 bits per heavy atom. The number of benzene rings is 2. The third-order valence-corrected chi connectivity index (χ3v) is 14.4. The number of likely N-dealkylation sites (tertiary alicyclic amines) is 1. The summed E-state index contributed by atoms with van der Waals surface area (Å²) in [5, 5.41) is 32.3. The van der Waals surface area contributed by atoms with Crippen molar-refractivity contribution in [3.05, 3.63) is 86.5 Å². The number of aromatic nitrogens is 5. The molecule has 3 aliphatic rings. The summed E-state index contributed by atoms with van der Waals surface area (Å²) in [4.78, 5) is 71.5. The van der Waals surface area contributed by atoms with Crippen molar-refractivity contribution in [3.8, 4) is 11.1 Å². The molecule has 0 atom stereocenters. The van der Waals surface area contributed by atoms with Gasteiger partial charge in [0.25, 0.3) is 12.3 Å². The number of carbonyl (C=O) groups is 4. The SMILES string of the molecule is CC(=O)Nc1cc(NCCCCCCCNC(=O)CN2CCC(n3nc(N4CCCc5cc(-c6cnn(C)c6)c(C(F)F)cc54)c4c3CCN(C(C)=O)C4)CC2)ccc1C(=O)Nc1nc(C)c([N+](=O)[O-])s1. The molecule has 0 aliphatic carbocycles. The number of carbonyl (C=O) groups excluding carboxylic acids is 4. The average molecular weight is 998 g/mol. The maximum absolute atomic E-state index is 14.7. The number of piperidine rings is 1. The number of anilines is 5. The standard InChI is InChI=1S/C49H61F2N13O6S/c1-30-48(64(69)70)71-49(55-30)57-47(68)37-13-12-35(24-41(37)56-31(2)65)52-17-8-6-5-7-9-18-53-44(67)29-60-20-14-36(15-21-60)63-42-16-22-61(32(3)66)28-40(42)46(58-63)62-19-10-11-33-23-38(34-26-54-59(4)27-34)39(45(50)51)25-43(33)62/h12-13,23-27,36,45,52H,5-11,14-22,28-29H2,1-4H3,(H,53,67)(H,56,65)(H,55,57,68). The Hall–Kier alpha value is -6.81. The highest BCUT2D eigenvalue weighted by Crippen LogP contribution is 2.44. The minimum Gasteiger partial charge on any atom is -0.385 e. The van der Waals surface area contributed by atoms with Gasteiger partial charge in [-0.05, 0) is 98.2 Å². The Bertz CT molecular complexity index is 2780. The van der Waals surface area contributed by atoms with Crippen molar-refractivity contribution >= 4 is 68.0 Å². The van der Waals surface area contributed by atoms with E-state index in [1.165, 1.54) is 13.8 Å². The second kappa shape index (κ2) is 22.5. The number of hydrogen-bond donors (Lipinski definition) is 4. The van der Waals surface area contributed by atoms with Crippen molar-refractivity contribution in [3.63, 3.8) is 0 Å². The molecular weight excluding hydrogens is 937 g/mol. The lowest BCUT2D eigenvalue weighted by atomic mass is 9.92. The van der Waals surface area contributed by atoms with Gasteiger partial charge in [-0.3, -0.25) is 48.9 Å². The van der Waals surface area contributed by atoms with Crippen LogP contribution in [0.3, 0.4) is 0 Å². The van der Waals surface area contributed by atoms with Gasteiger partial charge in [0, 0.05) is 107 Å². The molecule has 0 saturated carbocycles. The molecule has 5 aromatic rings. The predicted molar refractivity (Wildman–Crippen MR) is 267 cm³/mol. The van der Waals surface area contributed by atoms with Crippen LogP contribution < -0.4 is 26.2 Å². The molecule has 0 unspecified atom stereocenters. The Morgan fingerprint density at radius 3 is 2.41 bits per heavy atom. The van der Waals surface area contributed by atoms with E-state index in [9.17, 15) is 38.1 Å². The lowest BCUT2D eigenvalue weighted by Crippen LogP contribution is -2.42. The number of thiazole rings is 1. The predicted octanol–water partition coefficient (Wildman–Crippen LogP) is 7.91. The quantitative estimate of drug-likeness (QED) is 0.0353. The van der Waals surface area contributed by atoms with Crippen LogP contribution in [0.4, 0.5) is 41.8 Å². The number of nitrogens with one attached hydrogen (secondary N) is 4. The van der Waals surface area contributed by atoms with Crippen LogP contribution in [-0.2, 0) is 40.8 Å². The third-order valence-electron chi connectivity index (χ3n) is 13.4. The molecule has 4 amide bonds. The van der Waals surface area contributed by atoms with Crippen LogP contribution in [0.15, 0.2) is 42.7 Å². The van der Waals surface area contributed by atoms with Crippen LogP contribution in [0.2, 0.25) is 0 Å². The summed E-state index contributed by atoms with van der Waals surface area (Å²) in [7, 11) is 1.77. The molecule has 1 fully saturated rings. The minimum absolute atomic E-state index is 0.00117. The molecule has 6 heterocycles. The van der Waals surface area contributed by atoms with Crippen molar-refractivity contribution in [1.29, 1.82) is 0 Å². The summed E-state index contributed by atoms with van der Waals surface area (Å²) in [6, 6.07) is 8.60. The number of nitrogens with zero attached hydrogens (tertiary/aromatic N) is 9. The summed E-state index contributed by atoms with van der Waals surface area (Å²) in [5.74, 6) is -0.193. The smallest absolute Gasteiger partial charge is 0.348 e. The van der Waals surface area contributed by atoms with Crippen LogP contribution >= 0.6 is 11.3 Å². The van der Waals surface area contributed by atoms with E-state index in [1.807, 2.05) is 11.0 Å². The molecule has 3 aliphatic heterocycles. The molecule has 0 spiro atoms. The number of hydrogen-bond acceptors (Lipinski definition) is 13. The van der Waals surface area contributed by atoms with Gasteiger partial charge >= 0.3 is 5.00 Å². The molecule has 2 aromatic carbocycles. The number of halogens is 2. The maximum atomic E-state index is 14.7. The van der Waals surface area contributed by atoms with E-state index in [0.717, 1.165) is 116 Å². The topological polar surface area (TPSA) is 218 Å². The van der Waals surface area contributed by atoms with Gasteiger partial charge < -0.3 is 25.8 Å². The van der Waals surface area contributed by atoms with Gasteiger partial charge in [0.05, 0.1) is 41.5 Å². The zero-order chi connectivity index (χ0) is 50.3. The maximum Gasteiger partial charge on any atom is 0.348 e.